The smallest absolute Gasteiger partial charge is 0.266 e. The summed E-state index contributed by atoms with van der Waals surface area (Å²) in [5.74, 6) is -0.888. The van der Waals surface area contributed by atoms with Crippen molar-refractivity contribution in [3.05, 3.63) is 95.1 Å². The number of nitrogens with zero attached hydrogens (tertiary/aromatic N) is 1. The normalized spacial score (nSPS) is 12.9. The van der Waals surface area contributed by atoms with E-state index in [1.165, 1.54) is 0 Å². The SMILES string of the molecule is Cc1ccccc1C(=O)Nc1ccc(N2C(=O)c3ccccc3C2=O)cc1. The van der Waals surface area contributed by atoms with Crippen LogP contribution in [0.3, 0.4) is 0 Å². The molecule has 5 nitrogen and oxygen atoms in total. The highest BCUT2D eigenvalue weighted by molar-refractivity contribution is 6.34. The predicted octanol–water partition coefficient (Wildman–Crippen LogP) is 4.05. The van der Waals surface area contributed by atoms with Gasteiger partial charge in [0.2, 0.25) is 0 Å². The van der Waals surface area contributed by atoms with Crippen LogP contribution in [0.4, 0.5) is 11.4 Å². The van der Waals surface area contributed by atoms with Gasteiger partial charge in [0.15, 0.2) is 0 Å². The minimum atomic E-state index is -0.340. The Morgan fingerprint density at radius 3 is 1.93 bits per heavy atom. The number of benzene rings is 3. The zero-order valence-electron chi connectivity index (χ0n) is 14.6. The molecule has 0 atom stereocenters. The van der Waals surface area contributed by atoms with Gasteiger partial charge in [-0.2, -0.15) is 0 Å². The molecule has 0 saturated heterocycles. The lowest BCUT2D eigenvalue weighted by atomic mass is 10.1. The zero-order valence-corrected chi connectivity index (χ0v) is 14.6. The van der Waals surface area contributed by atoms with E-state index in [0.29, 0.717) is 28.1 Å². The number of carbonyl (C=O) groups is 3. The van der Waals surface area contributed by atoms with Crippen molar-refractivity contribution in [3.63, 3.8) is 0 Å². The van der Waals surface area contributed by atoms with Crippen LogP contribution in [0.25, 0.3) is 0 Å². The van der Waals surface area contributed by atoms with Crippen LogP contribution in [0.2, 0.25) is 0 Å². The fraction of sp³-hybridized carbons (Fsp3) is 0.0455. The maximum atomic E-state index is 12.5. The molecule has 0 spiro atoms. The number of anilines is 2. The van der Waals surface area contributed by atoms with E-state index < -0.39 is 0 Å². The predicted molar refractivity (Wildman–Crippen MR) is 103 cm³/mol. The molecule has 3 aromatic carbocycles. The topological polar surface area (TPSA) is 66.5 Å². The quantitative estimate of drug-likeness (QED) is 0.720. The first kappa shape index (κ1) is 16.7. The number of carbonyl (C=O) groups excluding carboxylic acids is 3. The molecule has 0 aromatic heterocycles. The lowest BCUT2D eigenvalue weighted by Gasteiger charge is -2.15. The fourth-order valence-electron chi connectivity index (χ4n) is 3.14. The number of nitrogens with one attached hydrogen (secondary N) is 1. The Bertz CT molecular complexity index is 1040. The monoisotopic (exact) mass is 356 g/mol. The van der Waals surface area contributed by atoms with Gasteiger partial charge in [-0.05, 0) is 55.0 Å². The summed E-state index contributed by atoms with van der Waals surface area (Å²) >= 11 is 0. The molecular formula is C22H16N2O3. The Hall–Kier alpha value is -3.73. The van der Waals surface area contributed by atoms with Gasteiger partial charge in [0.25, 0.3) is 17.7 Å². The molecule has 0 radical (unpaired) electrons. The van der Waals surface area contributed by atoms with Crippen LogP contribution in [-0.2, 0) is 0 Å². The van der Waals surface area contributed by atoms with Gasteiger partial charge in [-0.15, -0.1) is 0 Å². The van der Waals surface area contributed by atoms with E-state index in [4.69, 9.17) is 0 Å². The molecule has 5 heteroatoms. The van der Waals surface area contributed by atoms with Crippen LogP contribution in [-0.4, -0.2) is 17.7 Å². The van der Waals surface area contributed by atoms with Gasteiger partial charge in [-0.1, -0.05) is 30.3 Å². The van der Waals surface area contributed by atoms with Crippen LogP contribution in [0.5, 0.6) is 0 Å². The first-order valence-corrected chi connectivity index (χ1v) is 8.51. The van der Waals surface area contributed by atoms with Crippen LogP contribution >= 0.6 is 0 Å². The van der Waals surface area contributed by atoms with Crippen molar-refractivity contribution >= 4 is 29.1 Å². The standard InChI is InChI=1S/C22H16N2O3/c1-14-6-2-3-7-17(14)20(25)23-15-10-12-16(13-11-15)24-21(26)18-8-4-5-9-19(18)22(24)27/h2-13H,1H3,(H,23,25). The van der Waals surface area contributed by atoms with Crippen molar-refractivity contribution in [2.24, 2.45) is 0 Å². The third-order valence-corrected chi connectivity index (χ3v) is 4.57. The maximum Gasteiger partial charge on any atom is 0.266 e. The Morgan fingerprint density at radius 2 is 1.33 bits per heavy atom. The summed E-state index contributed by atoms with van der Waals surface area (Å²) in [6, 6.07) is 20.7. The lowest BCUT2D eigenvalue weighted by molar-refractivity contribution is 0.0924. The third-order valence-electron chi connectivity index (χ3n) is 4.57. The van der Waals surface area contributed by atoms with Crippen molar-refractivity contribution in [1.29, 1.82) is 0 Å². The van der Waals surface area contributed by atoms with Crippen LogP contribution < -0.4 is 10.2 Å². The van der Waals surface area contributed by atoms with E-state index in [0.717, 1.165) is 10.5 Å². The molecule has 1 aliphatic heterocycles. The lowest BCUT2D eigenvalue weighted by Crippen LogP contribution is -2.29. The van der Waals surface area contributed by atoms with Gasteiger partial charge >= 0.3 is 0 Å². The van der Waals surface area contributed by atoms with Crippen LogP contribution in [0, 0.1) is 6.92 Å². The van der Waals surface area contributed by atoms with E-state index in [-0.39, 0.29) is 17.7 Å². The molecule has 0 aliphatic carbocycles. The van der Waals surface area contributed by atoms with Gasteiger partial charge in [-0.25, -0.2) is 4.90 Å². The number of rotatable bonds is 3. The van der Waals surface area contributed by atoms with Gasteiger partial charge in [0.05, 0.1) is 16.8 Å². The largest absolute Gasteiger partial charge is 0.322 e. The van der Waals surface area contributed by atoms with E-state index in [9.17, 15) is 14.4 Å². The molecule has 3 amide bonds. The average molecular weight is 356 g/mol. The molecule has 0 unspecified atom stereocenters. The molecule has 4 rings (SSSR count). The first-order valence-electron chi connectivity index (χ1n) is 8.51. The summed E-state index contributed by atoms with van der Waals surface area (Å²) in [5, 5.41) is 2.83. The molecular weight excluding hydrogens is 340 g/mol. The molecule has 0 saturated carbocycles. The molecule has 132 valence electrons. The molecule has 1 aliphatic rings. The first-order chi connectivity index (χ1) is 13.1. The minimum absolute atomic E-state index is 0.207. The Kier molecular flexibility index (Phi) is 4.05. The highest BCUT2D eigenvalue weighted by atomic mass is 16.2. The van der Waals surface area contributed by atoms with Crippen LogP contribution in [0.15, 0.2) is 72.8 Å². The maximum absolute atomic E-state index is 12.5. The molecule has 0 fully saturated rings. The summed E-state index contributed by atoms with van der Waals surface area (Å²) in [5.41, 5.74) is 3.34. The van der Waals surface area contributed by atoms with Crippen molar-refractivity contribution < 1.29 is 14.4 Å². The average Bonchev–Trinajstić information content (AvgIpc) is 2.94. The number of fused-ring (bicyclic) bond motifs is 1. The van der Waals surface area contributed by atoms with Crippen molar-refractivity contribution in [1.82, 2.24) is 0 Å². The highest BCUT2D eigenvalue weighted by Gasteiger charge is 2.36. The third kappa shape index (κ3) is 2.89. The number of hydrogen-bond acceptors (Lipinski definition) is 3. The number of imide groups is 1. The molecule has 3 aromatic rings. The second-order valence-corrected chi connectivity index (χ2v) is 6.31. The summed E-state index contributed by atoms with van der Waals surface area (Å²) < 4.78 is 0. The molecule has 1 N–H and O–H groups in total. The van der Waals surface area contributed by atoms with Gasteiger partial charge in [-0.3, -0.25) is 14.4 Å². The van der Waals surface area contributed by atoms with E-state index >= 15 is 0 Å². The highest BCUT2D eigenvalue weighted by Crippen LogP contribution is 2.29. The summed E-state index contributed by atoms with van der Waals surface area (Å²) in [4.78, 5) is 38.6. The Morgan fingerprint density at radius 1 is 0.778 bits per heavy atom. The summed E-state index contributed by atoms with van der Waals surface area (Å²) in [6.45, 7) is 1.88. The van der Waals surface area contributed by atoms with Gasteiger partial charge < -0.3 is 5.32 Å². The number of hydrogen-bond donors (Lipinski definition) is 1. The van der Waals surface area contributed by atoms with Crippen molar-refractivity contribution in [3.8, 4) is 0 Å². The molecule has 0 bridgehead atoms. The van der Waals surface area contributed by atoms with Gasteiger partial charge in [0, 0.05) is 11.3 Å². The Balaban J connectivity index is 1.55. The second-order valence-electron chi connectivity index (χ2n) is 6.31. The number of amides is 3. The van der Waals surface area contributed by atoms with E-state index in [1.807, 2.05) is 25.1 Å². The summed E-state index contributed by atoms with van der Waals surface area (Å²) in [6.07, 6.45) is 0. The fourth-order valence-corrected chi connectivity index (χ4v) is 3.14. The Labute approximate surface area is 156 Å². The zero-order chi connectivity index (χ0) is 19.0. The second kappa shape index (κ2) is 6.53. The van der Waals surface area contributed by atoms with Crippen molar-refractivity contribution in [2.45, 2.75) is 6.92 Å². The van der Waals surface area contributed by atoms with Gasteiger partial charge in [0.1, 0.15) is 0 Å². The summed E-state index contributed by atoms with van der Waals surface area (Å²) in [7, 11) is 0. The number of aryl methyl sites for hydroxylation is 1. The molecule has 1 heterocycles. The van der Waals surface area contributed by atoms with Crippen molar-refractivity contribution in [2.75, 3.05) is 10.2 Å². The molecule has 27 heavy (non-hydrogen) atoms. The minimum Gasteiger partial charge on any atom is -0.322 e. The van der Waals surface area contributed by atoms with E-state index in [1.54, 1.807) is 54.6 Å². The van der Waals surface area contributed by atoms with E-state index in [2.05, 4.69) is 5.32 Å². The van der Waals surface area contributed by atoms with Crippen LogP contribution in [0.1, 0.15) is 36.6 Å².